The lowest BCUT2D eigenvalue weighted by Crippen LogP contribution is -2.03. The maximum absolute atomic E-state index is 5.76. The Morgan fingerprint density at radius 3 is 2.81 bits per heavy atom. The van der Waals surface area contributed by atoms with E-state index in [0.717, 1.165) is 22.7 Å². The number of ether oxygens (including phenoxy) is 1. The first-order valence-electron chi connectivity index (χ1n) is 5.11. The molecule has 2 rings (SSSR count). The average molecular weight is 217 g/mol. The summed E-state index contributed by atoms with van der Waals surface area (Å²) < 4.78 is 7.15. The van der Waals surface area contributed by atoms with Gasteiger partial charge >= 0.3 is 0 Å². The van der Waals surface area contributed by atoms with Gasteiger partial charge in [-0.15, -0.1) is 0 Å². The maximum atomic E-state index is 5.76. The van der Waals surface area contributed by atoms with Crippen LogP contribution in [0.25, 0.3) is 0 Å². The highest BCUT2D eigenvalue weighted by atomic mass is 16.5. The highest BCUT2D eigenvalue weighted by molar-refractivity contribution is 5.47. The van der Waals surface area contributed by atoms with Crippen LogP contribution >= 0.6 is 0 Å². The number of anilines is 1. The molecule has 4 heteroatoms. The molecule has 16 heavy (non-hydrogen) atoms. The number of hydrogen-bond donors (Lipinski definition) is 1. The van der Waals surface area contributed by atoms with Crippen molar-refractivity contribution in [2.24, 2.45) is 0 Å². The van der Waals surface area contributed by atoms with Crippen molar-refractivity contribution in [1.29, 1.82) is 0 Å². The van der Waals surface area contributed by atoms with Gasteiger partial charge in [-0.2, -0.15) is 5.10 Å². The number of aryl methyl sites for hydroxylation is 1. The minimum Gasteiger partial charge on any atom is -0.496 e. The lowest BCUT2D eigenvalue weighted by Gasteiger charge is -2.09. The topological polar surface area (TPSA) is 53.1 Å². The van der Waals surface area contributed by atoms with Gasteiger partial charge in [-0.1, -0.05) is 0 Å². The number of nitrogens with two attached hydrogens (primary N) is 1. The fraction of sp³-hybridized carbons (Fsp3) is 0.250. The zero-order valence-corrected chi connectivity index (χ0v) is 9.47. The van der Waals surface area contributed by atoms with E-state index >= 15 is 0 Å². The molecule has 0 atom stereocenters. The Kier molecular flexibility index (Phi) is 2.81. The van der Waals surface area contributed by atoms with Crippen molar-refractivity contribution in [2.45, 2.75) is 13.5 Å². The Balaban J connectivity index is 2.29. The summed E-state index contributed by atoms with van der Waals surface area (Å²) in [6.07, 6.45) is 1.94. The lowest BCUT2D eigenvalue weighted by atomic mass is 10.2. The van der Waals surface area contributed by atoms with Crippen LogP contribution in [0, 0.1) is 6.92 Å². The highest BCUT2D eigenvalue weighted by Crippen LogP contribution is 2.21. The van der Waals surface area contributed by atoms with E-state index in [0.29, 0.717) is 6.54 Å². The minimum absolute atomic E-state index is 0.669. The number of aromatic nitrogens is 2. The molecule has 0 spiro atoms. The first-order valence-corrected chi connectivity index (χ1v) is 5.11. The van der Waals surface area contributed by atoms with Crippen molar-refractivity contribution in [3.05, 3.63) is 41.7 Å². The van der Waals surface area contributed by atoms with E-state index in [1.807, 2.05) is 42.1 Å². The number of nitrogen functional groups attached to an aromatic ring is 1. The molecule has 0 saturated heterocycles. The number of rotatable bonds is 3. The van der Waals surface area contributed by atoms with Crippen molar-refractivity contribution < 1.29 is 4.74 Å². The van der Waals surface area contributed by atoms with Crippen LogP contribution in [0.1, 0.15) is 11.3 Å². The summed E-state index contributed by atoms with van der Waals surface area (Å²) in [5, 5.41) is 4.33. The Labute approximate surface area is 94.6 Å². The van der Waals surface area contributed by atoms with Crippen LogP contribution in [0.2, 0.25) is 0 Å². The van der Waals surface area contributed by atoms with Gasteiger partial charge in [0.25, 0.3) is 0 Å². The fourth-order valence-corrected chi connectivity index (χ4v) is 1.65. The van der Waals surface area contributed by atoms with E-state index in [1.165, 1.54) is 0 Å². The van der Waals surface area contributed by atoms with E-state index in [4.69, 9.17) is 10.5 Å². The zero-order valence-electron chi connectivity index (χ0n) is 9.47. The Bertz CT molecular complexity index is 491. The number of methoxy groups -OCH3 is 1. The largest absolute Gasteiger partial charge is 0.496 e. The summed E-state index contributed by atoms with van der Waals surface area (Å²) in [5.41, 5.74) is 8.53. The Morgan fingerprint density at radius 1 is 1.38 bits per heavy atom. The molecule has 0 bridgehead atoms. The Morgan fingerprint density at radius 2 is 2.19 bits per heavy atom. The van der Waals surface area contributed by atoms with Gasteiger partial charge < -0.3 is 10.5 Å². The van der Waals surface area contributed by atoms with E-state index in [1.54, 1.807) is 7.11 Å². The summed E-state index contributed by atoms with van der Waals surface area (Å²) >= 11 is 0. The third kappa shape index (κ3) is 2.16. The second-order valence-electron chi connectivity index (χ2n) is 3.73. The molecule has 4 nitrogen and oxygen atoms in total. The normalized spacial score (nSPS) is 10.4. The van der Waals surface area contributed by atoms with E-state index in [-0.39, 0.29) is 0 Å². The monoisotopic (exact) mass is 217 g/mol. The van der Waals surface area contributed by atoms with E-state index in [9.17, 15) is 0 Å². The van der Waals surface area contributed by atoms with Crippen molar-refractivity contribution >= 4 is 5.69 Å². The maximum Gasteiger partial charge on any atom is 0.124 e. The highest BCUT2D eigenvalue weighted by Gasteiger charge is 2.04. The zero-order chi connectivity index (χ0) is 11.5. The van der Waals surface area contributed by atoms with E-state index in [2.05, 4.69) is 5.10 Å². The van der Waals surface area contributed by atoms with Crippen LogP contribution in [0.15, 0.2) is 30.5 Å². The van der Waals surface area contributed by atoms with Crippen molar-refractivity contribution in [3.63, 3.8) is 0 Å². The molecule has 1 aromatic heterocycles. The molecular formula is C12H15N3O. The number of nitrogens with zero attached hydrogens (tertiary/aromatic N) is 2. The molecule has 0 radical (unpaired) electrons. The summed E-state index contributed by atoms with van der Waals surface area (Å²) in [6, 6.07) is 7.59. The van der Waals surface area contributed by atoms with Gasteiger partial charge in [0.2, 0.25) is 0 Å². The van der Waals surface area contributed by atoms with Crippen molar-refractivity contribution in [3.8, 4) is 5.75 Å². The van der Waals surface area contributed by atoms with Gasteiger partial charge in [0.15, 0.2) is 0 Å². The van der Waals surface area contributed by atoms with Crippen LogP contribution in [0.3, 0.4) is 0 Å². The van der Waals surface area contributed by atoms with Crippen molar-refractivity contribution in [1.82, 2.24) is 9.78 Å². The summed E-state index contributed by atoms with van der Waals surface area (Å²) in [4.78, 5) is 0. The van der Waals surface area contributed by atoms with Crippen LogP contribution in [0.4, 0.5) is 5.69 Å². The molecule has 84 valence electrons. The smallest absolute Gasteiger partial charge is 0.124 e. The van der Waals surface area contributed by atoms with Crippen LogP contribution in [-0.4, -0.2) is 16.9 Å². The second-order valence-corrected chi connectivity index (χ2v) is 3.73. The summed E-state index contributed by atoms with van der Waals surface area (Å²) in [5.74, 6) is 0.836. The quantitative estimate of drug-likeness (QED) is 0.798. The van der Waals surface area contributed by atoms with Crippen LogP contribution in [0.5, 0.6) is 5.75 Å². The van der Waals surface area contributed by atoms with Gasteiger partial charge in [-0.05, 0) is 31.2 Å². The molecule has 2 N–H and O–H groups in total. The van der Waals surface area contributed by atoms with Gasteiger partial charge in [0, 0.05) is 17.4 Å². The molecular weight excluding hydrogens is 202 g/mol. The van der Waals surface area contributed by atoms with Crippen LogP contribution < -0.4 is 10.5 Å². The minimum atomic E-state index is 0.669. The lowest BCUT2D eigenvalue weighted by molar-refractivity contribution is 0.407. The second kappa shape index (κ2) is 4.26. The van der Waals surface area contributed by atoms with Gasteiger partial charge in [0.05, 0.1) is 19.3 Å². The van der Waals surface area contributed by atoms with Crippen molar-refractivity contribution in [2.75, 3.05) is 12.8 Å². The van der Waals surface area contributed by atoms with E-state index < -0.39 is 0 Å². The predicted molar refractivity (Wildman–Crippen MR) is 63.5 cm³/mol. The molecule has 1 aromatic carbocycles. The van der Waals surface area contributed by atoms with Gasteiger partial charge in [0.1, 0.15) is 5.75 Å². The van der Waals surface area contributed by atoms with Crippen LogP contribution in [-0.2, 0) is 6.54 Å². The standard InChI is InChI=1S/C12H15N3O/c1-9-5-6-15(14-9)8-10-7-11(13)3-4-12(10)16-2/h3-7H,8,13H2,1-2H3. The molecule has 0 unspecified atom stereocenters. The first-order chi connectivity index (χ1) is 7.69. The fourth-order valence-electron chi connectivity index (χ4n) is 1.65. The number of hydrogen-bond acceptors (Lipinski definition) is 3. The molecule has 0 fully saturated rings. The molecule has 0 aliphatic carbocycles. The molecule has 0 saturated carbocycles. The molecule has 2 aromatic rings. The third-order valence-corrected chi connectivity index (χ3v) is 2.41. The first kappa shape index (κ1) is 10.5. The SMILES string of the molecule is COc1ccc(N)cc1Cn1ccc(C)n1. The molecule has 1 heterocycles. The molecule has 0 aliphatic heterocycles. The summed E-state index contributed by atoms with van der Waals surface area (Å²) in [7, 11) is 1.66. The van der Waals surface area contributed by atoms with Gasteiger partial charge in [-0.3, -0.25) is 4.68 Å². The molecule has 0 amide bonds. The predicted octanol–water partition coefficient (Wildman–Crippen LogP) is 1.83. The van der Waals surface area contributed by atoms with Gasteiger partial charge in [-0.25, -0.2) is 0 Å². The molecule has 0 aliphatic rings. The third-order valence-electron chi connectivity index (χ3n) is 2.41. The average Bonchev–Trinajstić information content (AvgIpc) is 2.64. The Hall–Kier alpha value is -1.97. The number of benzene rings is 1. The summed E-state index contributed by atoms with van der Waals surface area (Å²) in [6.45, 7) is 2.63.